The minimum absolute atomic E-state index is 0.291. The van der Waals surface area contributed by atoms with E-state index in [0.29, 0.717) is 6.10 Å². The molecule has 1 aliphatic rings. The average molecular weight is 209 g/mol. The van der Waals surface area contributed by atoms with E-state index in [1.54, 1.807) is 0 Å². The highest BCUT2D eigenvalue weighted by atomic mass is 16.5. The lowest BCUT2D eigenvalue weighted by Crippen LogP contribution is -2.16. The SMILES string of the molecule is [c]1ccc(OC2Cc3ccccc3C2)cc1. The van der Waals surface area contributed by atoms with Gasteiger partial charge < -0.3 is 4.74 Å². The molecule has 1 nitrogen and oxygen atoms in total. The number of hydrogen-bond acceptors (Lipinski definition) is 1. The Balaban J connectivity index is 1.73. The second kappa shape index (κ2) is 4.01. The van der Waals surface area contributed by atoms with Gasteiger partial charge >= 0.3 is 0 Å². The van der Waals surface area contributed by atoms with Crippen LogP contribution in [0, 0.1) is 6.07 Å². The van der Waals surface area contributed by atoms with Crippen molar-refractivity contribution < 1.29 is 4.74 Å². The van der Waals surface area contributed by atoms with E-state index < -0.39 is 0 Å². The second-order valence-corrected chi connectivity index (χ2v) is 4.15. The van der Waals surface area contributed by atoms with Crippen LogP contribution in [-0.4, -0.2) is 6.10 Å². The number of ether oxygens (including phenoxy) is 1. The molecule has 0 amide bonds. The number of fused-ring (bicyclic) bond motifs is 1. The Morgan fingerprint density at radius 1 is 0.938 bits per heavy atom. The lowest BCUT2D eigenvalue weighted by Gasteiger charge is -2.12. The van der Waals surface area contributed by atoms with E-state index in [0.717, 1.165) is 18.6 Å². The Kier molecular flexibility index (Phi) is 2.37. The molecule has 0 saturated heterocycles. The van der Waals surface area contributed by atoms with Crippen LogP contribution in [0.4, 0.5) is 0 Å². The predicted molar refractivity (Wildman–Crippen MR) is 63.5 cm³/mol. The Morgan fingerprint density at radius 2 is 1.56 bits per heavy atom. The first-order valence-electron chi connectivity index (χ1n) is 5.61. The Hall–Kier alpha value is -1.76. The average Bonchev–Trinajstić information content (AvgIpc) is 2.72. The van der Waals surface area contributed by atoms with Crippen LogP contribution in [-0.2, 0) is 12.8 Å². The molecule has 0 heterocycles. The first-order valence-corrected chi connectivity index (χ1v) is 5.61. The van der Waals surface area contributed by atoms with Gasteiger partial charge in [0.2, 0.25) is 0 Å². The topological polar surface area (TPSA) is 9.23 Å². The molecule has 0 aliphatic heterocycles. The van der Waals surface area contributed by atoms with Gasteiger partial charge in [-0.15, -0.1) is 0 Å². The van der Waals surface area contributed by atoms with Gasteiger partial charge in [-0.1, -0.05) is 36.4 Å². The van der Waals surface area contributed by atoms with Crippen LogP contribution in [0.2, 0.25) is 0 Å². The highest BCUT2D eigenvalue weighted by molar-refractivity contribution is 5.33. The standard InChI is InChI=1S/C15H13O/c1-2-8-14(9-3-1)16-15-10-12-6-4-5-7-13(12)11-15/h2-9,15H,10-11H2. The summed E-state index contributed by atoms with van der Waals surface area (Å²) in [5.74, 6) is 0.941. The number of hydrogen-bond donors (Lipinski definition) is 0. The maximum Gasteiger partial charge on any atom is 0.119 e. The third kappa shape index (κ3) is 1.81. The molecule has 2 aromatic rings. The van der Waals surface area contributed by atoms with E-state index in [4.69, 9.17) is 4.74 Å². The molecule has 1 radical (unpaired) electrons. The van der Waals surface area contributed by atoms with Crippen molar-refractivity contribution in [3.05, 3.63) is 65.7 Å². The highest BCUT2D eigenvalue weighted by Gasteiger charge is 2.21. The van der Waals surface area contributed by atoms with E-state index in [9.17, 15) is 0 Å². The quantitative estimate of drug-likeness (QED) is 0.738. The molecular weight excluding hydrogens is 196 g/mol. The summed E-state index contributed by atoms with van der Waals surface area (Å²) in [5, 5.41) is 0. The highest BCUT2D eigenvalue weighted by Crippen LogP contribution is 2.25. The van der Waals surface area contributed by atoms with Gasteiger partial charge in [0.15, 0.2) is 0 Å². The van der Waals surface area contributed by atoms with Crippen LogP contribution in [0.1, 0.15) is 11.1 Å². The smallest absolute Gasteiger partial charge is 0.119 e. The molecule has 0 spiro atoms. The van der Waals surface area contributed by atoms with E-state index in [-0.39, 0.29) is 0 Å². The molecule has 0 aromatic heterocycles. The van der Waals surface area contributed by atoms with Crippen LogP contribution in [0.5, 0.6) is 5.75 Å². The largest absolute Gasteiger partial charge is 0.490 e. The monoisotopic (exact) mass is 209 g/mol. The van der Waals surface area contributed by atoms with Gasteiger partial charge in [0, 0.05) is 12.8 Å². The summed E-state index contributed by atoms with van der Waals surface area (Å²) in [4.78, 5) is 0. The third-order valence-corrected chi connectivity index (χ3v) is 3.00. The summed E-state index contributed by atoms with van der Waals surface area (Å²) < 4.78 is 5.94. The normalized spacial score (nSPS) is 14.8. The van der Waals surface area contributed by atoms with Crippen molar-refractivity contribution in [1.82, 2.24) is 0 Å². The van der Waals surface area contributed by atoms with Gasteiger partial charge in [-0.05, 0) is 29.3 Å². The summed E-state index contributed by atoms with van der Waals surface area (Å²) >= 11 is 0. The van der Waals surface area contributed by atoms with Crippen LogP contribution < -0.4 is 4.74 Å². The zero-order valence-corrected chi connectivity index (χ0v) is 9.02. The summed E-state index contributed by atoms with van der Waals surface area (Å²) in [5.41, 5.74) is 2.85. The molecule has 2 aromatic carbocycles. The van der Waals surface area contributed by atoms with E-state index >= 15 is 0 Å². The third-order valence-electron chi connectivity index (χ3n) is 3.00. The summed E-state index contributed by atoms with van der Waals surface area (Å²) in [6.45, 7) is 0. The molecule has 0 saturated carbocycles. The van der Waals surface area contributed by atoms with Crippen LogP contribution in [0.15, 0.2) is 48.5 Å². The summed E-state index contributed by atoms with van der Waals surface area (Å²) in [6, 6.07) is 19.3. The zero-order chi connectivity index (χ0) is 10.8. The van der Waals surface area contributed by atoms with Gasteiger partial charge in [0.1, 0.15) is 11.9 Å². The van der Waals surface area contributed by atoms with Crippen molar-refractivity contribution in [2.24, 2.45) is 0 Å². The molecule has 0 atom stereocenters. The summed E-state index contributed by atoms with van der Waals surface area (Å²) in [6.07, 6.45) is 2.34. The number of benzene rings is 2. The molecule has 0 bridgehead atoms. The van der Waals surface area contributed by atoms with Crippen LogP contribution in [0.3, 0.4) is 0 Å². The molecule has 16 heavy (non-hydrogen) atoms. The molecule has 3 rings (SSSR count). The first-order chi connectivity index (χ1) is 7.92. The van der Waals surface area contributed by atoms with Crippen molar-refractivity contribution in [3.63, 3.8) is 0 Å². The predicted octanol–water partition coefficient (Wildman–Crippen LogP) is 3.03. The van der Waals surface area contributed by atoms with Crippen molar-refractivity contribution in [3.8, 4) is 5.75 Å². The minimum Gasteiger partial charge on any atom is -0.490 e. The Labute approximate surface area is 95.7 Å². The summed E-state index contributed by atoms with van der Waals surface area (Å²) in [7, 11) is 0. The van der Waals surface area contributed by atoms with Crippen molar-refractivity contribution in [1.29, 1.82) is 0 Å². The Morgan fingerprint density at radius 3 is 2.19 bits per heavy atom. The van der Waals surface area contributed by atoms with E-state index in [2.05, 4.69) is 30.3 Å². The lowest BCUT2D eigenvalue weighted by atomic mass is 10.1. The fourth-order valence-electron chi connectivity index (χ4n) is 2.24. The second-order valence-electron chi connectivity index (χ2n) is 4.15. The van der Waals surface area contributed by atoms with Crippen molar-refractivity contribution >= 4 is 0 Å². The fraction of sp³-hybridized carbons (Fsp3) is 0.200. The van der Waals surface area contributed by atoms with Gasteiger partial charge in [-0.25, -0.2) is 0 Å². The van der Waals surface area contributed by atoms with E-state index in [1.807, 2.05) is 24.3 Å². The molecule has 0 N–H and O–H groups in total. The van der Waals surface area contributed by atoms with Crippen LogP contribution >= 0.6 is 0 Å². The molecular formula is C15H13O. The fourth-order valence-corrected chi connectivity index (χ4v) is 2.24. The van der Waals surface area contributed by atoms with E-state index in [1.165, 1.54) is 11.1 Å². The van der Waals surface area contributed by atoms with Gasteiger partial charge in [-0.2, -0.15) is 0 Å². The molecule has 1 aliphatic carbocycles. The van der Waals surface area contributed by atoms with Gasteiger partial charge in [0.05, 0.1) is 0 Å². The Bertz CT molecular complexity index is 451. The van der Waals surface area contributed by atoms with Crippen LogP contribution in [0.25, 0.3) is 0 Å². The minimum atomic E-state index is 0.291. The van der Waals surface area contributed by atoms with Crippen molar-refractivity contribution in [2.75, 3.05) is 0 Å². The number of rotatable bonds is 2. The molecule has 0 unspecified atom stereocenters. The zero-order valence-electron chi connectivity index (χ0n) is 9.02. The molecule has 79 valence electrons. The lowest BCUT2D eigenvalue weighted by molar-refractivity contribution is 0.214. The van der Waals surface area contributed by atoms with Crippen molar-refractivity contribution in [2.45, 2.75) is 18.9 Å². The molecule has 1 heteroatoms. The molecule has 0 fully saturated rings. The first kappa shape index (κ1) is 9.46. The van der Waals surface area contributed by atoms with Gasteiger partial charge in [-0.3, -0.25) is 0 Å². The van der Waals surface area contributed by atoms with Gasteiger partial charge in [0.25, 0.3) is 0 Å². The maximum absolute atomic E-state index is 5.94. The maximum atomic E-state index is 5.94.